The number of halogens is 15. The van der Waals surface area contributed by atoms with Crippen LogP contribution in [0, 0.1) is 87.3 Å². The maximum atomic E-state index is 17.0. The average Bonchev–Trinajstić information content (AvgIpc) is 3.34. The Labute approximate surface area is 406 Å². The summed E-state index contributed by atoms with van der Waals surface area (Å²) < 4.78 is 244. The second-order valence-corrected chi connectivity index (χ2v) is 19.2. The monoisotopic (exact) mass is 1020 g/mol. The van der Waals surface area contributed by atoms with Crippen LogP contribution < -0.4 is 26.7 Å². The molecule has 72 heavy (non-hydrogen) atoms. The second-order valence-electron chi connectivity index (χ2n) is 19.2. The predicted octanol–water partition coefficient (Wildman–Crippen LogP) is 13.3. The van der Waals surface area contributed by atoms with Gasteiger partial charge in [-0.3, -0.25) is 4.49 Å². The lowest BCUT2D eigenvalue weighted by atomic mass is 9.13. The molecule has 0 spiro atoms. The molecular weight excluding hydrogens is 971 g/mol. The summed E-state index contributed by atoms with van der Waals surface area (Å²) >= 11 is 0. The topological polar surface area (TPSA) is 6.25 Å². The van der Waals surface area contributed by atoms with Crippen molar-refractivity contribution in [3.8, 4) is 0 Å². The Morgan fingerprint density at radius 3 is 1.04 bits per heavy atom. The number of rotatable bonds is 12. The summed E-state index contributed by atoms with van der Waals surface area (Å²) in [5.41, 5.74) is -5.10. The molecule has 19 heteroatoms. The number of nitrogens with zero attached hydrogens (tertiary/aromatic N) is 2. The Bertz CT molecular complexity index is 2920. The third-order valence-corrected chi connectivity index (χ3v) is 13.5. The first-order valence-electron chi connectivity index (χ1n) is 22.9. The number of para-hydroxylation sites is 2. The maximum absolute atomic E-state index is 17.0. The molecule has 1 aliphatic heterocycles. The Morgan fingerprint density at radius 2 is 0.722 bits per heavy atom. The van der Waals surface area contributed by atoms with Crippen LogP contribution >= 0.6 is 0 Å². The van der Waals surface area contributed by atoms with Gasteiger partial charge in [0.1, 0.15) is 46.8 Å². The van der Waals surface area contributed by atoms with Gasteiger partial charge in [-0.2, -0.15) is 0 Å². The van der Waals surface area contributed by atoms with E-state index in [-0.39, 0.29) is 23.2 Å². The molecule has 0 N–H and O–H groups in total. The summed E-state index contributed by atoms with van der Waals surface area (Å²) in [5, 5.41) is 0. The smallest absolute Gasteiger partial charge is 0.319 e. The van der Waals surface area contributed by atoms with Gasteiger partial charge in [-0.1, -0.05) is 128 Å². The number of anilines is 1. The van der Waals surface area contributed by atoms with Gasteiger partial charge < -0.3 is 4.81 Å². The molecule has 7 rings (SSSR count). The van der Waals surface area contributed by atoms with E-state index in [0.717, 1.165) is 17.2 Å². The molecule has 6 aromatic rings. The molecule has 0 atom stereocenters. The van der Waals surface area contributed by atoms with E-state index in [0.29, 0.717) is 22.3 Å². The van der Waals surface area contributed by atoms with Crippen molar-refractivity contribution in [1.29, 1.82) is 0 Å². The first-order valence-corrected chi connectivity index (χ1v) is 22.9. The zero-order valence-electron chi connectivity index (χ0n) is 40.2. The number of hydrogen-bond acceptors (Lipinski definition) is 1. The van der Waals surface area contributed by atoms with Crippen molar-refractivity contribution in [1.82, 2.24) is 0 Å². The standard InChI is InChI=1S/C53H45B2F15N2/c1-23(2)30-17-13-18-31(24(3)4)52(30)71-27(9)21-29(72(54(71)28-15-11-10-12-16-28)53-32(25(5)6)19-14-20-33(53)26(7)8)22-55(34-37(56)43(62)49(68)44(63)38(34)57,35-39(58)45(64)50(69)46(65)40(35)59)36-41(60)47(66)51(70)48(67)42(36)61/h10-21,23-26H,22H2,1-9H3. The highest BCUT2D eigenvalue weighted by Gasteiger charge is 2.54. The summed E-state index contributed by atoms with van der Waals surface area (Å²) in [4.78, 5) is 1.81. The van der Waals surface area contributed by atoms with Crippen LogP contribution in [0.25, 0.3) is 0 Å². The van der Waals surface area contributed by atoms with Gasteiger partial charge in [0.15, 0.2) is 58.0 Å². The minimum atomic E-state index is -6.00. The highest BCUT2D eigenvalue weighted by molar-refractivity contribution is 7.13. The Morgan fingerprint density at radius 1 is 0.417 bits per heavy atom. The molecule has 0 saturated carbocycles. The third-order valence-electron chi connectivity index (χ3n) is 13.5. The molecule has 2 nitrogen and oxygen atoms in total. The molecule has 1 heterocycles. The normalized spacial score (nSPS) is 13.5. The fourth-order valence-electron chi connectivity index (χ4n) is 10.3. The SMILES string of the molecule is CC1=CC(C[B-](c2c(F)c(F)c(F)c(F)c2F)(c2c(F)c(F)c(F)c(F)c2F)c2c(F)c(F)c(F)c(F)c2F)=[N+](c2c(C(C)C)cccc2C(C)C)B(c2ccccc2)N1c1c(C(C)C)cccc1C(C)C. The first-order chi connectivity index (χ1) is 33.8. The van der Waals surface area contributed by atoms with Gasteiger partial charge in [0.05, 0.1) is 0 Å². The van der Waals surface area contributed by atoms with Crippen LogP contribution in [-0.4, -0.2) is 23.3 Å². The van der Waals surface area contributed by atoms with Gasteiger partial charge in [-0.05, 0) is 41.7 Å². The van der Waals surface area contributed by atoms with E-state index in [1.165, 1.54) is 11.4 Å². The number of allylic oxidation sites excluding steroid dienone is 2. The highest BCUT2D eigenvalue weighted by Crippen LogP contribution is 2.43. The Kier molecular flexibility index (Phi) is 14.8. The van der Waals surface area contributed by atoms with Crippen LogP contribution in [0.2, 0.25) is 6.32 Å². The van der Waals surface area contributed by atoms with Gasteiger partial charge in [0, 0.05) is 34.1 Å². The molecule has 0 aliphatic carbocycles. The molecule has 378 valence electrons. The van der Waals surface area contributed by atoms with Crippen LogP contribution in [0.1, 0.15) is 108 Å². The van der Waals surface area contributed by atoms with Gasteiger partial charge in [-0.15, -0.1) is 16.4 Å². The summed E-state index contributed by atoms with van der Waals surface area (Å²) in [5.74, 6) is -47.1. The first kappa shape index (κ1) is 53.4. The van der Waals surface area contributed by atoms with Crippen molar-refractivity contribution in [3.05, 3.63) is 188 Å². The minimum absolute atomic E-state index is 0.0927. The minimum Gasteiger partial charge on any atom is -0.319 e. The molecule has 0 fully saturated rings. The van der Waals surface area contributed by atoms with Crippen molar-refractivity contribution in [3.63, 3.8) is 0 Å². The lowest BCUT2D eigenvalue weighted by Crippen LogP contribution is -2.74. The molecule has 0 radical (unpaired) electrons. The van der Waals surface area contributed by atoms with Crippen LogP contribution in [0.4, 0.5) is 77.2 Å². The average molecular weight is 1020 g/mol. The van der Waals surface area contributed by atoms with Crippen molar-refractivity contribution in [2.24, 2.45) is 0 Å². The molecule has 6 aromatic carbocycles. The van der Waals surface area contributed by atoms with Gasteiger partial charge in [0.25, 0.3) is 0 Å². The molecule has 0 saturated heterocycles. The van der Waals surface area contributed by atoms with Gasteiger partial charge in [0.2, 0.25) is 0 Å². The Hall–Kier alpha value is -6.39. The zero-order chi connectivity index (χ0) is 53.3. The van der Waals surface area contributed by atoms with E-state index >= 15 is 65.9 Å². The molecule has 0 unspecified atom stereocenters. The molecule has 0 aromatic heterocycles. The largest absolute Gasteiger partial charge is 0.657 e. The van der Waals surface area contributed by atoms with Crippen LogP contribution in [-0.2, 0) is 0 Å². The third kappa shape index (κ3) is 8.37. The van der Waals surface area contributed by atoms with E-state index < -0.39 is 141 Å². The Balaban J connectivity index is 1.88. The zero-order valence-corrected chi connectivity index (χ0v) is 40.2. The maximum Gasteiger partial charge on any atom is 0.657 e. The molecular formula is C53H45B2F15N2. The van der Waals surface area contributed by atoms with Crippen LogP contribution in [0.15, 0.2) is 78.5 Å². The van der Waals surface area contributed by atoms with E-state index in [2.05, 4.69) is 0 Å². The number of benzene rings is 6. The fourth-order valence-corrected chi connectivity index (χ4v) is 10.3. The quantitative estimate of drug-likeness (QED) is 0.0512. The van der Waals surface area contributed by atoms with Crippen molar-refractivity contribution in [2.75, 3.05) is 4.81 Å². The molecule has 0 amide bonds. The van der Waals surface area contributed by atoms with Crippen molar-refractivity contribution >= 4 is 52.1 Å². The fraction of sp³-hybridized carbons (Fsp3) is 0.264. The highest BCUT2D eigenvalue weighted by atomic mass is 19.2. The molecule has 0 bridgehead atoms. The summed E-state index contributed by atoms with van der Waals surface area (Å²) in [6.07, 6.45) is -6.85. The lowest BCUT2D eigenvalue weighted by Gasteiger charge is -2.44. The van der Waals surface area contributed by atoms with E-state index in [1.54, 1.807) is 76.2 Å². The van der Waals surface area contributed by atoms with Gasteiger partial charge >= 0.3 is 6.98 Å². The summed E-state index contributed by atoms with van der Waals surface area (Å²) in [6.45, 7) is 14.7. The number of hydrogen-bond donors (Lipinski definition) is 0. The van der Waals surface area contributed by atoms with Crippen molar-refractivity contribution in [2.45, 2.75) is 92.3 Å². The van der Waals surface area contributed by atoms with E-state index in [4.69, 9.17) is 0 Å². The second kappa shape index (κ2) is 19.9. The van der Waals surface area contributed by atoms with E-state index in [1.807, 2.05) is 50.7 Å². The van der Waals surface area contributed by atoms with Crippen molar-refractivity contribution < 1.29 is 70.3 Å². The van der Waals surface area contributed by atoms with Crippen LogP contribution in [0.3, 0.4) is 0 Å². The summed E-state index contributed by atoms with van der Waals surface area (Å²) in [6, 6.07) is 18.6. The van der Waals surface area contributed by atoms with Crippen LogP contribution in [0.5, 0.6) is 0 Å². The predicted molar refractivity (Wildman–Crippen MR) is 250 cm³/mol. The van der Waals surface area contributed by atoms with E-state index in [9.17, 15) is 0 Å². The summed E-state index contributed by atoms with van der Waals surface area (Å²) in [7, 11) is 0. The van der Waals surface area contributed by atoms with Gasteiger partial charge in [-0.25, -0.2) is 65.9 Å². The lowest BCUT2D eigenvalue weighted by molar-refractivity contribution is -0.287. The molecule has 1 aliphatic rings.